The van der Waals surface area contributed by atoms with Crippen molar-refractivity contribution in [3.8, 4) is 0 Å². The van der Waals surface area contributed by atoms with E-state index >= 15 is 0 Å². The van der Waals surface area contributed by atoms with Gasteiger partial charge >= 0.3 is 137 Å². The molecule has 0 aliphatic rings. The minimum Gasteiger partial charge on any atom is -0.481 e. The number of hydrogen-bond acceptors (Lipinski definition) is 4. The van der Waals surface area contributed by atoms with Crippen LogP contribution >= 0.6 is 0 Å². The normalized spacial score (nSPS) is 12.0. The molecule has 1 atom stereocenters. The summed E-state index contributed by atoms with van der Waals surface area (Å²) in [5.74, 6) is -3.50. The number of rotatable bonds is 17. The molecule has 0 amide bonds. The van der Waals surface area contributed by atoms with Gasteiger partial charge in [0.1, 0.15) is 0 Å². The van der Waals surface area contributed by atoms with Gasteiger partial charge in [-0.25, -0.2) is 0 Å². The van der Waals surface area contributed by atoms with Crippen LogP contribution in [0.4, 0.5) is 0 Å². The van der Waals surface area contributed by atoms with E-state index in [1.165, 1.54) is 111 Å². The van der Waals surface area contributed by atoms with Gasteiger partial charge in [0.05, 0.1) is 6.42 Å². The second kappa shape index (κ2) is 19.4. The number of aryl methyl sites for hydroxylation is 1. The van der Waals surface area contributed by atoms with Crippen molar-refractivity contribution in [3.63, 3.8) is 0 Å². The molecule has 3 N–H and O–H groups in total. The van der Waals surface area contributed by atoms with Gasteiger partial charge in [0.25, 0.3) is 10.1 Å². The van der Waals surface area contributed by atoms with Gasteiger partial charge in [0.15, 0.2) is 5.25 Å². The van der Waals surface area contributed by atoms with Gasteiger partial charge in [0, 0.05) is 0 Å². The Balaban J connectivity index is 0.000000728. The van der Waals surface area contributed by atoms with Crippen LogP contribution in [0.1, 0.15) is 96.0 Å². The molecular formula is C24H39NaO7S. The summed E-state index contributed by atoms with van der Waals surface area (Å²) in [7, 11) is -4.84. The van der Waals surface area contributed by atoms with Crippen LogP contribution in [-0.2, 0) is 26.1 Å². The second-order valence-electron chi connectivity index (χ2n) is 8.51. The molecule has 7 nitrogen and oxygen atoms in total. The molecule has 0 radical (unpaired) electrons. The van der Waals surface area contributed by atoms with E-state index in [0.717, 1.165) is 0 Å². The molecule has 184 valence electrons. The van der Waals surface area contributed by atoms with Crippen molar-refractivity contribution in [2.24, 2.45) is 0 Å². The zero-order chi connectivity index (χ0) is 25.1. The smallest absolute Gasteiger partial charge is 0.325 e. The summed E-state index contributed by atoms with van der Waals surface area (Å²) >= 11 is 1.20. The number of carboxylic acid groups (broad SMARTS) is 2. The van der Waals surface area contributed by atoms with E-state index in [2.05, 4.69) is 31.2 Å². The van der Waals surface area contributed by atoms with Crippen molar-refractivity contribution in [3.05, 3.63) is 29.8 Å². The number of carbonyl (C=O) groups is 2. The Morgan fingerprint density at radius 2 is 1.30 bits per heavy atom. The fraction of sp³-hybridized carbons (Fsp3) is 0.667. The van der Waals surface area contributed by atoms with Crippen molar-refractivity contribution >= 4 is 52.8 Å². The number of unbranched alkanes of at least 4 members (excludes halogenated alkanes) is 11. The summed E-state index contributed by atoms with van der Waals surface area (Å²) in [5, 5.41) is 13.9. The topological polar surface area (TPSA) is 129 Å². The van der Waals surface area contributed by atoms with Gasteiger partial charge in [-0.15, -0.1) is 0 Å². The first kappa shape index (κ1) is 32.1. The number of aliphatic carboxylic acids is 2. The van der Waals surface area contributed by atoms with Crippen molar-refractivity contribution in [1.82, 2.24) is 0 Å². The molecule has 0 aromatic heterocycles. The molecule has 0 aliphatic carbocycles. The van der Waals surface area contributed by atoms with Crippen LogP contribution in [0.2, 0.25) is 0 Å². The fourth-order valence-corrected chi connectivity index (χ4v) is 4.74. The van der Waals surface area contributed by atoms with Crippen molar-refractivity contribution in [2.75, 3.05) is 0 Å². The van der Waals surface area contributed by atoms with E-state index in [4.69, 9.17) is 14.8 Å². The summed E-state index contributed by atoms with van der Waals surface area (Å²) in [6, 6.07) is 8.98. The van der Waals surface area contributed by atoms with Crippen LogP contribution < -0.4 is 2.81 Å². The SMILES string of the molecule is CCCCCCCCCCCCCCc1cccc[c]1[Na].O=C(O)CC(C(=O)O)S(=O)(=O)O. The van der Waals surface area contributed by atoms with E-state index in [1.54, 1.807) is 8.38 Å². The maximum absolute atomic E-state index is 10.2. The molecule has 0 bridgehead atoms. The predicted molar refractivity (Wildman–Crippen MR) is 132 cm³/mol. The Morgan fingerprint density at radius 3 is 1.67 bits per heavy atom. The molecule has 1 aromatic rings. The van der Waals surface area contributed by atoms with E-state index < -0.39 is 33.7 Å². The van der Waals surface area contributed by atoms with Crippen LogP contribution in [0.5, 0.6) is 0 Å². The van der Waals surface area contributed by atoms with E-state index in [0.29, 0.717) is 0 Å². The third-order valence-electron chi connectivity index (χ3n) is 5.56. The molecule has 0 saturated carbocycles. The Morgan fingerprint density at radius 1 is 0.848 bits per heavy atom. The largest absolute Gasteiger partial charge is 0.481 e. The Bertz CT molecular complexity index is 781. The number of hydrogen-bond donors (Lipinski definition) is 3. The molecule has 1 unspecified atom stereocenters. The molecule has 1 rings (SSSR count). The van der Waals surface area contributed by atoms with Crippen LogP contribution in [0.3, 0.4) is 0 Å². The average molecular weight is 495 g/mol. The van der Waals surface area contributed by atoms with Gasteiger partial charge in [0.2, 0.25) is 0 Å². The fourth-order valence-electron chi connectivity index (χ4n) is 3.53. The van der Waals surface area contributed by atoms with Crippen molar-refractivity contribution in [1.29, 1.82) is 0 Å². The van der Waals surface area contributed by atoms with Crippen LogP contribution in [0, 0.1) is 0 Å². The monoisotopic (exact) mass is 494 g/mol. The minimum absolute atomic E-state index is 1.16. The second-order valence-corrected chi connectivity index (χ2v) is 11.2. The van der Waals surface area contributed by atoms with Crippen LogP contribution in [-0.4, -0.2) is 68.3 Å². The van der Waals surface area contributed by atoms with E-state index in [-0.39, 0.29) is 0 Å². The summed E-state index contributed by atoms with van der Waals surface area (Å²) < 4.78 is 30.3. The van der Waals surface area contributed by atoms with Crippen molar-refractivity contribution in [2.45, 2.75) is 102 Å². The molecule has 33 heavy (non-hydrogen) atoms. The summed E-state index contributed by atoms with van der Waals surface area (Å²) in [5.41, 5.74) is 1.61. The van der Waals surface area contributed by atoms with Gasteiger partial charge in [-0.05, 0) is 0 Å². The zero-order valence-electron chi connectivity index (χ0n) is 20.2. The summed E-state index contributed by atoms with van der Waals surface area (Å²) in [4.78, 5) is 20.0. The summed E-state index contributed by atoms with van der Waals surface area (Å²) in [6.45, 7) is 2.29. The van der Waals surface area contributed by atoms with Gasteiger partial charge in [-0.1, -0.05) is 26.2 Å². The van der Waals surface area contributed by atoms with E-state index in [9.17, 15) is 18.0 Å². The van der Waals surface area contributed by atoms with Crippen LogP contribution in [0.25, 0.3) is 0 Å². The zero-order valence-corrected chi connectivity index (χ0v) is 23.0. The Hall–Kier alpha value is -0.930. The molecular weight excluding hydrogens is 455 g/mol. The summed E-state index contributed by atoms with van der Waals surface area (Å²) in [6.07, 6.45) is 17.4. The predicted octanol–water partition coefficient (Wildman–Crippen LogP) is 4.53. The molecule has 0 aliphatic heterocycles. The maximum Gasteiger partial charge on any atom is 0.325 e. The molecule has 0 heterocycles. The van der Waals surface area contributed by atoms with E-state index in [1.807, 2.05) is 0 Å². The van der Waals surface area contributed by atoms with Gasteiger partial charge in [-0.3, -0.25) is 14.1 Å². The minimum atomic E-state index is -4.84. The molecule has 0 spiro atoms. The third-order valence-corrected chi connectivity index (χ3v) is 7.62. The Kier molecular flexibility index (Phi) is 18.8. The molecule has 0 saturated heterocycles. The first-order valence-electron chi connectivity index (χ1n) is 12.0. The molecule has 9 heteroatoms. The third kappa shape index (κ3) is 18.1. The van der Waals surface area contributed by atoms with Crippen LogP contribution in [0.15, 0.2) is 24.3 Å². The number of benzene rings is 1. The van der Waals surface area contributed by atoms with Gasteiger partial charge < -0.3 is 10.2 Å². The number of carboxylic acids is 2. The Labute approximate surface area is 216 Å². The first-order chi connectivity index (χ1) is 15.6. The van der Waals surface area contributed by atoms with Crippen molar-refractivity contribution < 1.29 is 32.8 Å². The maximum atomic E-state index is 10.2. The van der Waals surface area contributed by atoms with Gasteiger partial charge in [-0.2, -0.15) is 8.42 Å². The quantitative estimate of drug-likeness (QED) is 0.165. The first-order valence-corrected chi connectivity index (χ1v) is 14.5. The standard InChI is InChI=1S/C20H33.C4H6O7S.Na/c1-2-3-4-5-6-7-8-9-10-11-12-14-17-20-18-15-13-16-19-20;5-3(6)1-2(4(7)8)12(9,10)11;/h13,15-16,18H,2-12,14,17H2,1H3;2H,1H2,(H,5,6)(H,7,8)(H,9,10,11);. The molecule has 0 fully saturated rings. The molecule has 1 aromatic carbocycles. The average Bonchev–Trinajstić information content (AvgIpc) is 2.73.